The van der Waals surface area contributed by atoms with Gasteiger partial charge >= 0.3 is 0 Å². The monoisotopic (exact) mass is 340 g/mol. The van der Waals surface area contributed by atoms with Crippen LogP contribution < -0.4 is 9.46 Å². The van der Waals surface area contributed by atoms with E-state index in [0.717, 1.165) is 24.7 Å². The van der Waals surface area contributed by atoms with E-state index in [-0.39, 0.29) is 11.8 Å². The fourth-order valence-electron chi connectivity index (χ4n) is 2.82. The molecule has 0 unspecified atom stereocenters. The topological polar surface area (TPSA) is 75.7 Å². The second-order valence-electron chi connectivity index (χ2n) is 6.06. The summed E-state index contributed by atoms with van der Waals surface area (Å²) in [5.41, 5.74) is 1.59. The summed E-state index contributed by atoms with van der Waals surface area (Å²) >= 11 is 0. The Bertz CT molecular complexity index is 673. The molecule has 1 amide bonds. The van der Waals surface area contributed by atoms with Gasteiger partial charge in [0, 0.05) is 25.2 Å². The SMILES string of the molecule is COc1cc(C(=O)N2CCC[C@@H](CNS(C)(=O)=O)C2)ccc1C. The van der Waals surface area contributed by atoms with Crippen LogP contribution in [0.15, 0.2) is 18.2 Å². The Labute approximate surface area is 137 Å². The van der Waals surface area contributed by atoms with E-state index in [2.05, 4.69) is 4.72 Å². The maximum Gasteiger partial charge on any atom is 0.253 e. The Hall–Kier alpha value is -1.60. The van der Waals surface area contributed by atoms with E-state index in [1.165, 1.54) is 0 Å². The van der Waals surface area contributed by atoms with Crippen molar-refractivity contribution in [2.45, 2.75) is 19.8 Å². The first kappa shape index (κ1) is 17.7. The van der Waals surface area contributed by atoms with Crippen molar-refractivity contribution in [3.63, 3.8) is 0 Å². The van der Waals surface area contributed by atoms with Gasteiger partial charge in [-0.2, -0.15) is 0 Å². The number of rotatable bonds is 5. The maximum atomic E-state index is 12.7. The second kappa shape index (κ2) is 7.31. The number of ether oxygens (including phenoxy) is 1. The predicted molar refractivity (Wildman–Crippen MR) is 89.2 cm³/mol. The van der Waals surface area contributed by atoms with Crippen LogP contribution in [0, 0.1) is 12.8 Å². The van der Waals surface area contributed by atoms with Gasteiger partial charge in [-0.25, -0.2) is 13.1 Å². The molecule has 0 aromatic heterocycles. The largest absolute Gasteiger partial charge is 0.496 e. The average Bonchev–Trinajstić information content (AvgIpc) is 2.52. The number of benzene rings is 1. The van der Waals surface area contributed by atoms with Crippen molar-refractivity contribution >= 4 is 15.9 Å². The molecule has 1 saturated heterocycles. The van der Waals surface area contributed by atoms with Crippen LogP contribution in [0.4, 0.5) is 0 Å². The summed E-state index contributed by atoms with van der Waals surface area (Å²) in [6, 6.07) is 5.44. The fourth-order valence-corrected chi connectivity index (χ4v) is 3.36. The van der Waals surface area contributed by atoms with Gasteiger partial charge in [-0.1, -0.05) is 6.07 Å². The predicted octanol–water partition coefficient (Wildman–Crippen LogP) is 1.41. The summed E-state index contributed by atoms with van der Waals surface area (Å²) in [5, 5.41) is 0. The number of nitrogens with zero attached hydrogens (tertiary/aromatic N) is 1. The van der Waals surface area contributed by atoms with Crippen LogP contribution in [-0.4, -0.2) is 52.2 Å². The molecule has 1 N–H and O–H groups in total. The molecule has 128 valence electrons. The third kappa shape index (κ3) is 4.94. The van der Waals surface area contributed by atoms with Crippen molar-refractivity contribution in [2.75, 3.05) is 33.0 Å². The Morgan fingerprint density at radius 3 is 2.83 bits per heavy atom. The average molecular weight is 340 g/mol. The molecule has 0 saturated carbocycles. The summed E-state index contributed by atoms with van der Waals surface area (Å²) in [4.78, 5) is 14.5. The standard InChI is InChI=1S/C16H24N2O4S/c1-12-6-7-14(9-15(12)22-2)16(19)18-8-4-5-13(11-18)10-17-23(3,20)21/h6-7,9,13,17H,4-5,8,10-11H2,1-3H3/t13-/m0/s1. The van der Waals surface area contributed by atoms with Gasteiger partial charge in [0.05, 0.1) is 13.4 Å². The van der Waals surface area contributed by atoms with Crippen molar-refractivity contribution in [3.8, 4) is 5.75 Å². The zero-order chi connectivity index (χ0) is 17.0. The van der Waals surface area contributed by atoms with Crippen molar-refractivity contribution in [1.29, 1.82) is 0 Å². The Morgan fingerprint density at radius 2 is 2.17 bits per heavy atom. The number of amides is 1. The quantitative estimate of drug-likeness (QED) is 0.879. The van der Waals surface area contributed by atoms with Gasteiger partial charge in [-0.3, -0.25) is 4.79 Å². The summed E-state index contributed by atoms with van der Waals surface area (Å²) in [6.07, 6.45) is 2.95. The molecular formula is C16H24N2O4S. The number of sulfonamides is 1. The number of nitrogens with one attached hydrogen (secondary N) is 1. The molecule has 1 aliphatic rings. The molecule has 2 rings (SSSR count). The number of piperidine rings is 1. The lowest BCUT2D eigenvalue weighted by Gasteiger charge is -2.33. The third-order valence-corrected chi connectivity index (χ3v) is 4.79. The van der Waals surface area contributed by atoms with Crippen LogP contribution in [0.2, 0.25) is 0 Å². The number of carbonyl (C=O) groups excluding carboxylic acids is 1. The fraction of sp³-hybridized carbons (Fsp3) is 0.562. The summed E-state index contributed by atoms with van der Waals surface area (Å²) < 4.78 is 30.2. The Morgan fingerprint density at radius 1 is 1.43 bits per heavy atom. The van der Waals surface area contributed by atoms with E-state index < -0.39 is 10.0 Å². The van der Waals surface area contributed by atoms with Gasteiger partial charge in [0.2, 0.25) is 10.0 Å². The van der Waals surface area contributed by atoms with Gasteiger partial charge in [-0.15, -0.1) is 0 Å². The normalized spacial score (nSPS) is 18.7. The lowest BCUT2D eigenvalue weighted by atomic mass is 9.97. The molecule has 1 aliphatic heterocycles. The van der Waals surface area contributed by atoms with Crippen molar-refractivity contribution in [2.24, 2.45) is 5.92 Å². The molecule has 1 fully saturated rings. The van der Waals surface area contributed by atoms with Crippen molar-refractivity contribution < 1.29 is 17.9 Å². The molecule has 1 heterocycles. The van der Waals surface area contributed by atoms with Crippen LogP contribution in [0.1, 0.15) is 28.8 Å². The molecule has 0 bridgehead atoms. The molecule has 0 aliphatic carbocycles. The minimum atomic E-state index is -3.20. The van der Waals surface area contributed by atoms with Gasteiger partial charge in [0.25, 0.3) is 5.91 Å². The minimum Gasteiger partial charge on any atom is -0.496 e. The van der Waals surface area contributed by atoms with E-state index in [1.807, 2.05) is 13.0 Å². The number of hydrogen-bond donors (Lipinski definition) is 1. The van der Waals surface area contributed by atoms with E-state index in [9.17, 15) is 13.2 Å². The molecule has 1 aromatic rings. The first-order chi connectivity index (χ1) is 10.8. The number of hydrogen-bond acceptors (Lipinski definition) is 4. The maximum absolute atomic E-state index is 12.7. The molecule has 0 spiro atoms. The van der Waals surface area contributed by atoms with Gasteiger partial charge < -0.3 is 9.64 Å². The van der Waals surface area contributed by atoms with E-state index in [4.69, 9.17) is 4.74 Å². The molecule has 23 heavy (non-hydrogen) atoms. The molecule has 6 nitrogen and oxygen atoms in total. The Balaban J connectivity index is 2.04. The third-order valence-electron chi connectivity index (χ3n) is 4.10. The number of aryl methyl sites for hydroxylation is 1. The van der Waals surface area contributed by atoms with Crippen LogP contribution in [0.3, 0.4) is 0 Å². The summed E-state index contributed by atoms with van der Waals surface area (Å²) in [6.45, 7) is 3.57. The lowest BCUT2D eigenvalue weighted by molar-refractivity contribution is 0.0676. The first-order valence-corrected chi connectivity index (χ1v) is 9.58. The minimum absolute atomic E-state index is 0.0349. The summed E-state index contributed by atoms with van der Waals surface area (Å²) in [7, 11) is -1.61. The van der Waals surface area contributed by atoms with E-state index in [0.29, 0.717) is 30.9 Å². The van der Waals surface area contributed by atoms with Crippen molar-refractivity contribution in [3.05, 3.63) is 29.3 Å². The lowest BCUT2D eigenvalue weighted by Crippen LogP contribution is -2.43. The Kier molecular flexibility index (Phi) is 5.64. The molecule has 1 atom stereocenters. The highest BCUT2D eigenvalue weighted by Crippen LogP contribution is 2.22. The highest BCUT2D eigenvalue weighted by molar-refractivity contribution is 7.88. The van der Waals surface area contributed by atoms with E-state index >= 15 is 0 Å². The molecule has 7 heteroatoms. The van der Waals surface area contributed by atoms with Gasteiger partial charge in [0.1, 0.15) is 5.75 Å². The van der Waals surface area contributed by atoms with Crippen LogP contribution in [0.5, 0.6) is 5.75 Å². The second-order valence-corrected chi connectivity index (χ2v) is 7.90. The number of methoxy groups -OCH3 is 1. The summed E-state index contributed by atoms with van der Waals surface area (Å²) in [5.74, 6) is 0.810. The number of likely N-dealkylation sites (tertiary alicyclic amines) is 1. The smallest absolute Gasteiger partial charge is 0.253 e. The highest BCUT2D eigenvalue weighted by atomic mass is 32.2. The van der Waals surface area contributed by atoms with Gasteiger partial charge in [0.15, 0.2) is 0 Å². The van der Waals surface area contributed by atoms with Crippen LogP contribution in [-0.2, 0) is 10.0 Å². The highest BCUT2D eigenvalue weighted by Gasteiger charge is 2.25. The number of carbonyl (C=O) groups is 1. The molecule has 0 radical (unpaired) electrons. The molecular weight excluding hydrogens is 316 g/mol. The van der Waals surface area contributed by atoms with Crippen LogP contribution in [0.25, 0.3) is 0 Å². The van der Waals surface area contributed by atoms with E-state index in [1.54, 1.807) is 24.1 Å². The molecule has 1 aromatic carbocycles. The van der Waals surface area contributed by atoms with Gasteiger partial charge in [-0.05, 0) is 43.4 Å². The first-order valence-electron chi connectivity index (χ1n) is 7.68. The van der Waals surface area contributed by atoms with Crippen LogP contribution >= 0.6 is 0 Å². The van der Waals surface area contributed by atoms with Crippen molar-refractivity contribution in [1.82, 2.24) is 9.62 Å². The zero-order valence-electron chi connectivity index (χ0n) is 13.8. The zero-order valence-corrected chi connectivity index (χ0v) is 14.6.